The lowest BCUT2D eigenvalue weighted by Crippen LogP contribution is -2.30. The molecule has 2 fully saturated rings. The SMILES string of the molecule is OC1CCN(CC2CCN(c3nccc(-c4ccc5ccccc5c4)n3)C2)C1. The molecule has 2 aromatic carbocycles. The summed E-state index contributed by atoms with van der Waals surface area (Å²) in [4.78, 5) is 14.1. The number of anilines is 1. The van der Waals surface area contributed by atoms with Crippen molar-refractivity contribution < 1.29 is 5.11 Å². The number of rotatable bonds is 4. The second-order valence-electron chi connectivity index (χ2n) is 8.11. The Kier molecular flexibility index (Phi) is 4.71. The monoisotopic (exact) mass is 374 g/mol. The molecule has 0 saturated carbocycles. The van der Waals surface area contributed by atoms with Crippen molar-refractivity contribution in [1.29, 1.82) is 0 Å². The first-order valence-corrected chi connectivity index (χ1v) is 10.2. The van der Waals surface area contributed by atoms with Crippen LogP contribution >= 0.6 is 0 Å². The molecular formula is C23H26N4O. The van der Waals surface area contributed by atoms with Gasteiger partial charge in [0, 0.05) is 44.5 Å². The van der Waals surface area contributed by atoms with Crippen LogP contribution in [-0.2, 0) is 0 Å². The van der Waals surface area contributed by atoms with Gasteiger partial charge in [0.1, 0.15) is 0 Å². The molecule has 0 aliphatic carbocycles. The number of nitrogens with zero attached hydrogens (tertiary/aromatic N) is 4. The van der Waals surface area contributed by atoms with Crippen LogP contribution in [-0.4, -0.2) is 58.8 Å². The van der Waals surface area contributed by atoms with Gasteiger partial charge in [0.25, 0.3) is 0 Å². The summed E-state index contributed by atoms with van der Waals surface area (Å²) >= 11 is 0. The molecule has 1 aromatic heterocycles. The van der Waals surface area contributed by atoms with Gasteiger partial charge in [0.15, 0.2) is 0 Å². The van der Waals surface area contributed by atoms with E-state index in [0.717, 1.165) is 62.8 Å². The molecule has 2 unspecified atom stereocenters. The summed E-state index contributed by atoms with van der Waals surface area (Å²) < 4.78 is 0. The van der Waals surface area contributed by atoms with E-state index in [1.54, 1.807) is 0 Å². The van der Waals surface area contributed by atoms with Gasteiger partial charge < -0.3 is 14.9 Å². The summed E-state index contributed by atoms with van der Waals surface area (Å²) in [5.74, 6) is 1.45. The van der Waals surface area contributed by atoms with Gasteiger partial charge in [0.2, 0.25) is 5.95 Å². The number of fused-ring (bicyclic) bond motifs is 1. The van der Waals surface area contributed by atoms with Crippen LogP contribution in [0.2, 0.25) is 0 Å². The number of aromatic nitrogens is 2. The minimum atomic E-state index is -0.139. The molecule has 144 valence electrons. The lowest BCUT2D eigenvalue weighted by molar-refractivity contribution is 0.171. The van der Waals surface area contributed by atoms with Gasteiger partial charge in [-0.05, 0) is 41.7 Å². The maximum atomic E-state index is 9.74. The predicted molar refractivity (Wildman–Crippen MR) is 112 cm³/mol. The molecule has 0 spiro atoms. The van der Waals surface area contributed by atoms with Crippen molar-refractivity contribution in [2.75, 3.05) is 37.6 Å². The van der Waals surface area contributed by atoms with Crippen LogP contribution < -0.4 is 4.90 Å². The highest BCUT2D eigenvalue weighted by Crippen LogP contribution is 2.27. The first kappa shape index (κ1) is 17.6. The summed E-state index contributed by atoms with van der Waals surface area (Å²) in [7, 11) is 0. The van der Waals surface area contributed by atoms with E-state index in [2.05, 4.69) is 57.2 Å². The van der Waals surface area contributed by atoms with Crippen molar-refractivity contribution in [3.8, 4) is 11.3 Å². The second-order valence-corrected chi connectivity index (χ2v) is 8.11. The molecule has 5 nitrogen and oxygen atoms in total. The molecule has 0 amide bonds. The lowest BCUT2D eigenvalue weighted by Gasteiger charge is -2.21. The van der Waals surface area contributed by atoms with Crippen LogP contribution in [0.5, 0.6) is 0 Å². The van der Waals surface area contributed by atoms with Crippen LogP contribution in [0.4, 0.5) is 5.95 Å². The van der Waals surface area contributed by atoms with Crippen molar-refractivity contribution in [2.24, 2.45) is 5.92 Å². The van der Waals surface area contributed by atoms with Gasteiger partial charge in [-0.3, -0.25) is 0 Å². The van der Waals surface area contributed by atoms with Gasteiger partial charge >= 0.3 is 0 Å². The third-order valence-electron chi connectivity index (χ3n) is 6.02. The Morgan fingerprint density at radius 2 is 1.86 bits per heavy atom. The fraction of sp³-hybridized carbons (Fsp3) is 0.391. The van der Waals surface area contributed by atoms with E-state index >= 15 is 0 Å². The quantitative estimate of drug-likeness (QED) is 0.760. The van der Waals surface area contributed by atoms with Crippen molar-refractivity contribution in [2.45, 2.75) is 18.9 Å². The van der Waals surface area contributed by atoms with Crippen molar-refractivity contribution in [3.63, 3.8) is 0 Å². The van der Waals surface area contributed by atoms with Crippen LogP contribution in [0.1, 0.15) is 12.8 Å². The van der Waals surface area contributed by atoms with Gasteiger partial charge in [0.05, 0.1) is 11.8 Å². The maximum absolute atomic E-state index is 9.74. The second kappa shape index (κ2) is 7.49. The van der Waals surface area contributed by atoms with Crippen LogP contribution in [0.3, 0.4) is 0 Å². The van der Waals surface area contributed by atoms with Crippen molar-refractivity contribution >= 4 is 16.7 Å². The molecule has 3 heterocycles. The Morgan fingerprint density at radius 3 is 2.71 bits per heavy atom. The number of aliphatic hydroxyl groups excluding tert-OH is 1. The topological polar surface area (TPSA) is 52.5 Å². The molecule has 0 bridgehead atoms. The fourth-order valence-corrected chi connectivity index (χ4v) is 4.52. The van der Waals surface area contributed by atoms with E-state index in [9.17, 15) is 5.11 Å². The average molecular weight is 374 g/mol. The highest BCUT2D eigenvalue weighted by atomic mass is 16.3. The number of likely N-dealkylation sites (tertiary alicyclic amines) is 1. The van der Waals surface area contributed by atoms with Crippen LogP contribution in [0, 0.1) is 5.92 Å². The van der Waals surface area contributed by atoms with E-state index in [4.69, 9.17) is 4.98 Å². The van der Waals surface area contributed by atoms with Gasteiger partial charge in [-0.25, -0.2) is 9.97 Å². The summed E-state index contributed by atoms with van der Waals surface area (Å²) in [6.45, 7) is 4.91. The summed E-state index contributed by atoms with van der Waals surface area (Å²) in [6.07, 6.45) is 3.81. The third-order valence-corrected chi connectivity index (χ3v) is 6.02. The number of hydrogen-bond acceptors (Lipinski definition) is 5. The Hall–Kier alpha value is -2.50. The molecule has 3 aromatic rings. The zero-order valence-corrected chi connectivity index (χ0v) is 16.0. The smallest absolute Gasteiger partial charge is 0.225 e. The minimum Gasteiger partial charge on any atom is -0.392 e. The highest BCUT2D eigenvalue weighted by molar-refractivity contribution is 5.86. The molecule has 0 radical (unpaired) electrons. The predicted octanol–water partition coefficient (Wildman–Crippen LogP) is 3.19. The standard InChI is InChI=1S/C23H26N4O/c28-21-9-11-26(16-21)14-17-8-12-27(15-17)23-24-10-7-22(25-23)20-6-5-18-3-1-2-4-19(18)13-20/h1-7,10,13,17,21,28H,8-9,11-12,14-16H2. The first-order chi connectivity index (χ1) is 13.7. The fourth-order valence-electron chi connectivity index (χ4n) is 4.52. The lowest BCUT2D eigenvalue weighted by atomic mass is 10.1. The molecule has 2 atom stereocenters. The molecule has 1 N–H and O–H groups in total. The van der Waals surface area contributed by atoms with E-state index in [1.165, 1.54) is 10.8 Å². The first-order valence-electron chi connectivity index (χ1n) is 10.2. The third kappa shape index (κ3) is 3.60. The molecule has 5 heteroatoms. The van der Waals surface area contributed by atoms with E-state index < -0.39 is 0 Å². The van der Waals surface area contributed by atoms with E-state index in [1.807, 2.05) is 12.3 Å². The van der Waals surface area contributed by atoms with Crippen molar-refractivity contribution in [3.05, 3.63) is 54.7 Å². The number of aliphatic hydroxyl groups is 1. The van der Waals surface area contributed by atoms with E-state index in [-0.39, 0.29) is 6.10 Å². The van der Waals surface area contributed by atoms with Gasteiger partial charge in [-0.1, -0.05) is 36.4 Å². The summed E-state index contributed by atoms with van der Waals surface area (Å²) in [5.41, 5.74) is 2.10. The molecule has 2 saturated heterocycles. The van der Waals surface area contributed by atoms with Crippen LogP contribution in [0.25, 0.3) is 22.0 Å². The molecule has 2 aliphatic heterocycles. The molecular weight excluding hydrogens is 348 g/mol. The van der Waals surface area contributed by atoms with E-state index in [0.29, 0.717) is 5.92 Å². The Bertz CT molecular complexity index is 975. The average Bonchev–Trinajstić information content (AvgIpc) is 3.37. The van der Waals surface area contributed by atoms with Crippen molar-refractivity contribution in [1.82, 2.24) is 14.9 Å². The molecule has 5 rings (SSSR count). The minimum absolute atomic E-state index is 0.139. The zero-order valence-electron chi connectivity index (χ0n) is 16.0. The molecule has 2 aliphatic rings. The maximum Gasteiger partial charge on any atom is 0.225 e. The Labute approximate surface area is 165 Å². The Balaban J connectivity index is 1.31. The van der Waals surface area contributed by atoms with Crippen LogP contribution in [0.15, 0.2) is 54.7 Å². The summed E-state index contributed by atoms with van der Waals surface area (Å²) in [6, 6.07) is 16.9. The number of β-amino-alcohol motifs (C(OH)–C–C–N with tert-alkyl or cyclic N) is 1. The summed E-state index contributed by atoms with van der Waals surface area (Å²) in [5, 5.41) is 12.2. The largest absolute Gasteiger partial charge is 0.392 e. The Morgan fingerprint density at radius 1 is 0.964 bits per heavy atom. The highest BCUT2D eigenvalue weighted by Gasteiger charge is 2.29. The van der Waals surface area contributed by atoms with Gasteiger partial charge in [-0.15, -0.1) is 0 Å². The zero-order chi connectivity index (χ0) is 18.9. The number of hydrogen-bond donors (Lipinski definition) is 1. The normalized spacial score (nSPS) is 23.0. The molecule has 28 heavy (non-hydrogen) atoms. The number of benzene rings is 2. The van der Waals surface area contributed by atoms with Gasteiger partial charge in [-0.2, -0.15) is 0 Å².